The standard InChI is InChI=1S/C20H22N6O/c27-12-11-24-7-9-25(10-8-24)20-14-18(23-19-4-6-22-26(19)20)15-1-2-17-16(13-15)3-5-21-17/h1-6,13-14,21,27H,7-12H2. The first-order valence-electron chi connectivity index (χ1n) is 9.32. The molecule has 27 heavy (non-hydrogen) atoms. The summed E-state index contributed by atoms with van der Waals surface area (Å²) in [6, 6.07) is 12.5. The predicted molar refractivity (Wildman–Crippen MR) is 106 cm³/mol. The van der Waals surface area contributed by atoms with E-state index < -0.39 is 0 Å². The van der Waals surface area contributed by atoms with Crippen LogP contribution in [0.15, 0.2) is 48.8 Å². The molecule has 0 spiro atoms. The lowest BCUT2D eigenvalue weighted by molar-refractivity contribution is 0.188. The van der Waals surface area contributed by atoms with Crippen LogP contribution in [0.25, 0.3) is 27.8 Å². The van der Waals surface area contributed by atoms with Gasteiger partial charge >= 0.3 is 0 Å². The summed E-state index contributed by atoms with van der Waals surface area (Å²) in [5.74, 6) is 1.07. The molecule has 138 valence electrons. The van der Waals surface area contributed by atoms with Crippen LogP contribution in [0.5, 0.6) is 0 Å². The van der Waals surface area contributed by atoms with E-state index in [1.165, 1.54) is 5.39 Å². The second-order valence-corrected chi connectivity index (χ2v) is 6.93. The molecule has 0 aliphatic carbocycles. The average Bonchev–Trinajstić information content (AvgIpc) is 3.36. The lowest BCUT2D eigenvalue weighted by atomic mass is 10.1. The van der Waals surface area contributed by atoms with E-state index in [2.05, 4.69) is 50.2 Å². The highest BCUT2D eigenvalue weighted by atomic mass is 16.3. The average molecular weight is 362 g/mol. The van der Waals surface area contributed by atoms with Gasteiger partial charge in [-0.15, -0.1) is 0 Å². The number of anilines is 1. The fraction of sp³-hybridized carbons (Fsp3) is 0.300. The Labute approximate surface area is 156 Å². The highest BCUT2D eigenvalue weighted by molar-refractivity contribution is 5.85. The normalized spacial score (nSPS) is 15.8. The zero-order chi connectivity index (χ0) is 18.2. The minimum Gasteiger partial charge on any atom is -0.395 e. The Morgan fingerprint density at radius 3 is 2.78 bits per heavy atom. The molecule has 7 heteroatoms. The van der Waals surface area contributed by atoms with Gasteiger partial charge in [0.15, 0.2) is 5.65 Å². The fourth-order valence-corrected chi connectivity index (χ4v) is 3.82. The summed E-state index contributed by atoms with van der Waals surface area (Å²) in [4.78, 5) is 12.7. The van der Waals surface area contributed by atoms with E-state index in [1.54, 1.807) is 6.20 Å². The molecule has 1 aliphatic heterocycles. The molecule has 0 unspecified atom stereocenters. The third kappa shape index (κ3) is 2.94. The topological polar surface area (TPSA) is 72.7 Å². The Balaban J connectivity index is 1.53. The monoisotopic (exact) mass is 362 g/mol. The Morgan fingerprint density at radius 2 is 1.93 bits per heavy atom. The van der Waals surface area contributed by atoms with Crippen molar-refractivity contribution in [3.63, 3.8) is 0 Å². The predicted octanol–water partition coefficient (Wildman–Crippen LogP) is 1.99. The Hall–Kier alpha value is -2.90. The first kappa shape index (κ1) is 16.3. The summed E-state index contributed by atoms with van der Waals surface area (Å²) in [5, 5.41) is 14.8. The van der Waals surface area contributed by atoms with E-state index in [4.69, 9.17) is 10.1 Å². The number of nitrogens with zero attached hydrogens (tertiary/aromatic N) is 5. The highest BCUT2D eigenvalue weighted by Crippen LogP contribution is 2.27. The fourth-order valence-electron chi connectivity index (χ4n) is 3.82. The summed E-state index contributed by atoms with van der Waals surface area (Å²) >= 11 is 0. The molecule has 1 saturated heterocycles. The Morgan fingerprint density at radius 1 is 1.04 bits per heavy atom. The molecule has 1 aromatic carbocycles. The lowest BCUT2D eigenvalue weighted by Gasteiger charge is -2.35. The molecule has 3 aromatic heterocycles. The molecule has 1 aliphatic rings. The lowest BCUT2D eigenvalue weighted by Crippen LogP contribution is -2.47. The van der Waals surface area contributed by atoms with E-state index in [0.717, 1.165) is 61.0 Å². The van der Waals surface area contributed by atoms with Gasteiger partial charge in [-0.2, -0.15) is 9.61 Å². The van der Waals surface area contributed by atoms with Gasteiger partial charge in [0.2, 0.25) is 0 Å². The molecule has 0 amide bonds. The van der Waals surface area contributed by atoms with E-state index in [9.17, 15) is 0 Å². The summed E-state index contributed by atoms with van der Waals surface area (Å²) < 4.78 is 1.92. The SMILES string of the molecule is OCCN1CCN(c2cc(-c3ccc4[nH]ccc4c3)nc3ccnn23)CC1. The first-order valence-corrected chi connectivity index (χ1v) is 9.32. The maximum atomic E-state index is 9.16. The van der Waals surface area contributed by atoms with Crippen molar-refractivity contribution in [2.75, 3.05) is 44.2 Å². The molecular formula is C20H22N6O. The number of aliphatic hydroxyl groups is 1. The summed E-state index contributed by atoms with van der Waals surface area (Å²) in [5.41, 5.74) is 4.05. The number of hydrogen-bond acceptors (Lipinski definition) is 5. The molecule has 4 aromatic rings. The number of piperazine rings is 1. The maximum absolute atomic E-state index is 9.16. The zero-order valence-electron chi connectivity index (χ0n) is 15.0. The van der Waals surface area contributed by atoms with E-state index in [-0.39, 0.29) is 6.61 Å². The smallest absolute Gasteiger partial charge is 0.157 e. The zero-order valence-corrected chi connectivity index (χ0v) is 15.0. The van der Waals surface area contributed by atoms with Crippen LogP contribution in [-0.4, -0.2) is 68.9 Å². The second-order valence-electron chi connectivity index (χ2n) is 6.93. The van der Waals surface area contributed by atoms with Crippen molar-refractivity contribution in [2.24, 2.45) is 0 Å². The molecule has 7 nitrogen and oxygen atoms in total. The second kappa shape index (κ2) is 6.68. The van der Waals surface area contributed by atoms with Gasteiger partial charge in [-0.3, -0.25) is 4.90 Å². The van der Waals surface area contributed by atoms with E-state index >= 15 is 0 Å². The summed E-state index contributed by atoms with van der Waals surface area (Å²) in [6.45, 7) is 4.66. The maximum Gasteiger partial charge on any atom is 0.157 e. The van der Waals surface area contributed by atoms with Crippen molar-refractivity contribution in [2.45, 2.75) is 0 Å². The number of H-pyrrole nitrogens is 1. The van der Waals surface area contributed by atoms with E-state index in [1.807, 2.05) is 16.8 Å². The molecule has 0 radical (unpaired) electrons. The van der Waals surface area contributed by atoms with Gasteiger partial charge in [-0.25, -0.2) is 4.98 Å². The number of benzene rings is 1. The van der Waals surface area contributed by atoms with Crippen molar-refractivity contribution in [1.82, 2.24) is 24.5 Å². The van der Waals surface area contributed by atoms with E-state index in [0.29, 0.717) is 0 Å². The van der Waals surface area contributed by atoms with Gasteiger partial charge in [-0.05, 0) is 18.2 Å². The van der Waals surface area contributed by atoms with Gasteiger partial charge < -0.3 is 15.0 Å². The summed E-state index contributed by atoms with van der Waals surface area (Å²) in [7, 11) is 0. The third-order valence-corrected chi connectivity index (χ3v) is 5.30. The number of hydrogen-bond donors (Lipinski definition) is 2. The number of aromatic nitrogens is 4. The van der Waals surface area contributed by atoms with Crippen LogP contribution < -0.4 is 4.90 Å². The Kier molecular flexibility index (Phi) is 4.03. The molecule has 0 bridgehead atoms. The quantitative estimate of drug-likeness (QED) is 0.581. The third-order valence-electron chi connectivity index (χ3n) is 5.30. The van der Waals surface area contributed by atoms with Crippen LogP contribution in [0.4, 0.5) is 5.82 Å². The number of rotatable bonds is 4. The molecule has 0 atom stereocenters. The number of aliphatic hydroxyl groups excluding tert-OH is 1. The molecule has 5 rings (SSSR count). The molecule has 2 N–H and O–H groups in total. The first-order chi connectivity index (χ1) is 13.3. The van der Waals surface area contributed by atoms with Gasteiger partial charge in [0.1, 0.15) is 5.82 Å². The van der Waals surface area contributed by atoms with Gasteiger partial charge in [0.05, 0.1) is 18.5 Å². The number of fused-ring (bicyclic) bond motifs is 2. The summed E-state index contributed by atoms with van der Waals surface area (Å²) in [6.07, 6.45) is 3.76. The number of nitrogens with one attached hydrogen (secondary N) is 1. The van der Waals surface area contributed by atoms with Crippen LogP contribution in [-0.2, 0) is 0 Å². The van der Waals surface area contributed by atoms with Crippen LogP contribution in [0, 0.1) is 0 Å². The van der Waals surface area contributed by atoms with Gasteiger partial charge in [-0.1, -0.05) is 6.07 Å². The van der Waals surface area contributed by atoms with Crippen molar-refractivity contribution in [3.05, 3.63) is 48.8 Å². The molecule has 4 heterocycles. The van der Waals surface area contributed by atoms with Gasteiger partial charge in [0.25, 0.3) is 0 Å². The van der Waals surface area contributed by atoms with Crippen molar-refractivity contribution in [3.8, 4) is 11.3 Å². The molecule has 1 fully saturated rings. The van der Waals surface area contributed by atoms with Crippen molar-refractivity contribution in [1.29, 1.82) is 0 Å². The van der Waals surface area contributed by atoms with Crippen LogP contribution in [0.3, 0.4) is 0 Å². The highest BCUT2D eigenvalue weighted by Gasteiger charge is 2.20. The Bertz CT molecular complexity index is 1080. The van der Waals surface area contributed by atoms with Crippen LogP contribution in [0.1, 0.15) is 0 Å². The van der Waals surface area contributed by atoms with Crippen molar-refractivity contribution >= 4 is 22.4 Å². The molecule has 0 saturated carbocycles. The largest absolute Gasteiger partial charge is 0.395 e. The minimum atomic E-state index is 0.213. The number of aromatic amines is 1. The van der Waals surface area contributed by atoms with Crippen LogP contribution in [0.2, 0.25) is 0 Å². The van der Waals surface area contributed by atoms with Crippen molar-refractivity contribution < 1.29 is 5.11 Å². The van der Waals surface area contributed by atoms with Crippen LogP contribution >= 0.6 is 0 Å². The molecular weight excluding hydrogens is 340 g/mol. The minimum absolute atomic E-state index is 0.213. The van der Waals surface area contributed by atoms with Gasteiger partial charge in [0, 0.05) is 67.5 Å². The number of β-amino-alcohol motifs (C(OH)–C–C–N with tert-alkyl or cyclic N) is 1.